The third-order valence-corrected chi connectivity index (χ3v) is 6.17. The second kappa shape index (κ2) is 10.3. The second-order valence-electron chi connectivity index (χ2n) is 9.65. The van der Waals surface area contributed by atoms with E-state index in [-0.39, 0.29) is 18.3 Å². The molecule has 5 heteroatoms. The molecule has 2 aromatic rings. The zero-order valence-corrected chi connectivity index (χ0v) is 18.8. The number of carboxylic acid groups (broad SMARTS) is 1. The smallest absolute Gasteiger partial charge is 0.304 e. The van der Waals surface area contributed by atoms with Crippen LogP contribution in [0, 0.1) is 17.2 Å². The Labute approximate surface area is 184 Å². The molecule has 0 spiro atoms. The number of nitrogens with one attached hydrogen (secondary N) is 1. The SMILES string of the molecule is CC(C)(C)C1CCC(Oc2cccc(-c3cc(F)cc(CNCCC(=O)O)c3)c2)CC1. The van der Waals surface area contributed by atoms with Crippen LogP contribution in [-0.4, -0.2) is 23.7 Å². The van der Waals surface area contributed by atoms with Gasteiger partial charge in [0.25, 0.3) is 0 Å². The van der Waals surface area contributed by atoms with Crippen molar-refractivity contribution in [2.24, 2.45) is 11.3 Å². The Balaban J connectivity index is 1.64. The molecule has 1 aliphatic carbocycles. The molecule has 0 atom stereocenters. The van der Waals surface area contributed by atoms with Crippen LogP contribution < -0.4 is 10.1 Å². The van der Waals surface area contributed by atoms with E-state index in [0.717, 1.165) is 41.2 Å². The molecule has 0 unspecified atom stereocenters. The first-order chi connectivity index (χ1) is 14.7. The van der Waals surface area contributed by atoms with E-state index in [0.29, 0.717) is 18.5 Å². The molecule has 0 bridgehead atoms. The van der Waals surface area contributed by atoms with Gasteiger partial charge >= 0.3 is 5.97 Å². The van der Waals surface area contributed by atoms with E-state index in [1.54, 1.807) is 0 Å². The summed E-state index contributed by atoms with van der Waals surface area (Å²) in [4.78, 5) is 10.6. The van der Waals surface area contributed by atoms with Crippen LogP contribution in [0.4, 0.5) is 4.39 Å². The normalized spacial score (nSPS) is 19.2. The van der Waals surface area contributed by atoms with E-state index in [9.17, 15) is 9.18 Å². The summed E-state index contributed by atoms with van der Waals surface area (Å²) in [5, 5.41) is 11.8. The minimum atomic E-state index is -0.851. The van der Waals surface area contributed by atoms with Crippen LogP contribution in [-0.2, 0) is 11.3 Å². The third-order valence-electron chi connectivity index (χ3n) is 6.17. The van der Waals surface area contributed by atoms with Gasteiger partial charge in [-0.25, -0.2) is 4.39 Å². The lowest BCUT2D eigenvalue weighted by Gasteiger charge is -2.37. The summed E-state index contributed by atoms with van der Waals surface area (Å²) < 4.78 is 20.5. The predicted molar refractivity (Wildman–Crippen MR) is 122 cm³/mol. The summed E-state index contributed by atoms with van der Waals surface area (Å²) >= 11 is 0. The molecule has 3 rings (SSSR count). The average molecular weight is 428 g/mol. The van der Waals surface area contributed by atoms with Crippen molar-refractivity contribution in [2.75, 3.05) is 6.54 Å². The Morgan fingerprint density at radius 1 is 1.10 bits per heavy atom. The van der Waals surface area contributed by atoms with Crippen molar-refractivity contribution in [3.05, 3.63) is 53.8 Å². The molecule has 168 valence electrons. The highest BCUT2D eigenvalue weighted by molar-refractivity contribution is 5.67. The van der Waals surface area contributed by atoms with Gasteiger partial charge in [-0.05, 0) is 84.0 Å². The van der Waals surface area contributed by atoms with Crippen LogP contribution in [0.25, 0.3) is 11.1 Å². The average Bonchev–Trinajstić information content (AvgIpc) is 2.71. The van der Waals surface area contributed by atoms with Gasteiger partial charge in [-0.3, -0.25) is 4.79 Å². The van der Waals surface area contributed by atoms with Crippen molar-refractivity contribution >= 4 is 5.97 Å². The lowest BCUT2D eigenvalue weighted by Crippen LogP contribution is -2.30. The summed E-state index contributed by atoms with van der Waals surface area (Å²) in [6, 6.07) is 12.8. The van der Waals surface area contributed by atoms with Crippen LogP contribution in [0.1, 0.15) is 58.4 Å². The van der Waals surface area contributed by atoms with Crippen LogP contribution >= 0.6 is 0 Å². The summed E-state index contributed by atoms with van der Waals surface area (Å²) in [7, 11) is 0. The summed E-state index contributed by atoms with van der Waals surface area (Å²) in [5.74, 6) is 0.408. The Morgan fingerprint density at radius 2 is 1.84 bits per heavy atom. The Morgan fingerprint density at radius 3 is 2.52 bits per heavy atom. The fraction of sp³-hybridized carbons (Fsp3) is 0.500. The molecule has 4 nitrogen and oxygen atoms in total. The molecular weight excluding hydrogens is 393 g/mol. The molecule has 0 radical (unpaired) electrons. The monoisotopic (exact) mass is 427 g/mol. The van der Waals surface area contributed by atoms with Crippen molar-refractivity contribution in [3.8, 4) is 16.9 Å². The fourth-order valence-electron chi connectivity index (χ4n) is 4.34. The molecule has 0 heterocycles. The van der Waals surface area contributed by atoms with Crippen molar-refractivity contribution in [2.45, 2.75) is 65.5 Å². The molecular formula is C26H34FNO3. The van der Waals surface area contributed by atoms with Gasteiger partial charge < -0.3 is 15.2 Å². The van der Waals surface area contributed by atoms with E-state index in [2.05, 4.69) is 26.1 Å². The van der Waals surface area contributed by atoms with Crippen LogP contribution in [0.5, 0.6) is 5.75 Å². The first-order valence-corrected chi connectivity index (χ1v) is 11.2. The summed E-state index contributed by atoms with van der Waals surface area (Å²) in [6.45, 7) is 7.72. The van der Waals surface area contributed by atoms with Gasteiger partial charge in [-0.2, -0.15) is 0 Å². The third kappa shape index (κ3) is 7.06. The highest BCUT2D eigenvalue weighted by atomic mass is 19.1. The number of benzene rings is 2. The number of carbonyl (C=O) groups is 1. The minimum Gasteiger partial charge on any atom is -0.490 e. The molecule has 0 amide bonds. The van der Waals surface area contributed by atoms with Crippen molar-refractivity contribution in [1.29, 1.82) is 0 Å². The zero-order valence-electron chi connectivity index (χ0n) is 18.8. The molecule has 2 N–H and O–H groups in total. The van der Waals surface area contributed by atoms with Crippen LogP contribution in [0.15, 0.2) is 42.5 Å². The van der Waals surface area contributed by atoms with Gasteiger partial charge in [-0.1, -0.05) is 32.9 Å². The first-order valence-electron chi connectivity index (χ1n) is 11.2. The van der Waals surface area contributed by atoms with Gasteiger partial charge in [0.05, 0.1) is 12.5 Å². The Hall–Kier alpha value is -2.40. The number of hydrogen-bond acceptors (Lipinski definition) is 3. The molecule has 31 heavy (non-hydrogen) atoms. The lowest BCUT2D eigenvalue weighted by atomic mass is 9.72. The number of hydrogen-bond donors (Lipinski definition) is 2. The van der Waals surface area contributed by atoms with Crippen LogP contribution in [0.3, 0.4) is 0 Å². The van der Waals surface area contributed by atoms with E-state index in [4.69, 9.17) is 9.84 Å². The summed E-state index contributed by atoms with van der Waals surface area (Å²) in [5.41, 5.74) is 2.83. The quantitative estimate of drug-likeness (QED) is 0.504. The van der Waals surface area contributed by atoms with Gasteiger partial charge in [0, 0.05) is 13.1 Å². The van der Waals surface area contributed by atoms with Crippen LogP contribution in [0.2, 0.25) is 0 Å². The predicted octanol–water partition coefficient (Wildman–Crippen LogP) is 6.04. The standard InChI is InChI=1S/C26H34FNO3/c1-26(2,3)21-7-9-23(10-8-21)31-24-6-4-5-19(16-24)20-13-18(14-22(27)15-20)17-28-12-11-25(29)30/h4-6,13-16,21,23,28H,7-12,17H2,1-3H3,(H,29,30). The maximum Gasteiger partial charge on any atom is 0.304 e. The maximum absolute atomic E-state index is 14.2. The lowest BCUT2D eigenvalue weighted by molar-refractivity contribution is -0.136. The molecule has 1 aliphatic rings. The Bertz CT molecular complexity index is 882. The highest BCUT2D eigenvalue weighted by Gasteiger charge is 2.30. The molecule has 0 saturated heterocycles. The minimum absolute atomic E-state index is 0.0409. The van der Waals surface area contributed by atoms with Gasteiger partial charge in [0.15, 0.2) is 0 Å². The maximum atomic E-state index is 14.2. The Kier molecular flexibility index (Phi) is 7.71. The highest BCUT2D eigenvalue weighted by Crippen LogP contribution is 2.39. The molecule has 0 aliphatic heterocycles. The first kappa shape index (κ1) is 23.3. The number of carboxylic acids is 1. The summed E-state index contributed by atoms with van der Waals surface area (Å²) in [6.07, 6.45) is 4.79. The van der Waals surface area contributed by atoms with Crippen molar-refractivity contribution < 1.29 is 19.0 Å². The largest absolute Gasteiger partial charge is 0.490 e. The molecule has 2 aromatic carbocycles. The number of rotatable bonds is 8. The van der Waals surface area contributed by atoms with Crippen molar-refractivity contribution in [3.63, 3.8) is 0 Å². The molecule has 1 fully saturated rings. The topological polar surface area (TPSA) is 58.6 Å². The zero-order chi connectivity index (χ0) is 22.4. The fourth-order valence-corrected chi connectivity index (χ4v) is 4.34. The molecule has 0 aromatic heterocycles. The number of aliphatic carboxylic acids is 1. The van der Waals surface area contributed by atoms with E-state index < -0.39 is 5.97 Å². The second-order valence-corrected chi connectivity index (χ2v) is 9.65. The number of ether oxygens (including phenoxy) is 1. The number of halogens is 1. The van der Waals surface area contributed by atoms with Gasteiger partial charge in [0.1, 0.15) is 11.6 Å². The van der Waals surface area contributed by atoms with E-state index in [1.165, 1.54) is 25.0 Å². The van der Waals surface area contributed by atoms with Gasteiger partial charge in [0.2, 0.25) is 0 Å². The van der Waals surface area contributed by atoms with Gasteiger partial charge in [-0.15, -0.1) is 0 Å². The van der Waals surface area contributed by atoms with E-state index in [1.807, 2.05) is 30.3 Å². The van der Waals surface area contributed by atoms with Crippen molar-refractivity contribution in [1.82, 2.24) is 5.32 Å². The molecule has 1 saturated carbocycles. The van der Waals surface area contributed by atoms with E-state index >= 15 is 0 Å².